The number of β-amino-alcohol motifs (C(OH)–C–C–N with tert-alkyl or cyclic N) is 1. The van der Waals surface area contributed by atoms with Gasteiger partial charge in [-0.15, -0.1) is 0 Å². The highest BCUT2D eigenvalue weighted by atomic mass is 16.5. The second kappa shape index (κ2) is 12.4. The minimum Gasteiger partial charge on any atom is -0.494 e. The number of methoxy groups -OCH3 is 1. The molecule has 3 atom stereocenters. The second-order valence-electron chi connectivity index (χ2n) is 13.3. The van der Waals surface area contributed by atoms with E-state index < -0.39 is 11.5 Å². The van der Waals surface area contributed by atoms with Crippen LogP contribution in [0.2, 0.25) is 0 Å². The molecule has 2 aliphatic heterocycles. The fourth-order valence-corrected chi connectivity index (χ4v) is 6.69. The van der Waals surface area contributed by atoms with Crippen molar-refractivity contribution in [3.8, 4) is 17.3 Å². The lowest BCUT2D eigenvalue weighted by molar-refractivity contribution is -0.130. The second-order valence-corrected chi connectivity index (χ2v) is 13.3. The number of benzene rings is 1. The predicted octanol–water partition coefficient (Wildman–Crippen LogP) is 4.22. The van der Waals surface area contributed by atoms with Gasteiger partial charge in [-0.05, 0) is 56.5 Å². The van der Waals surface area contributed by atoms with Crippen LogP contribution in [0.15, 0.2) is 30.3 Å². The van der Waals surface area contributed by atoms with Crippen molar-refractivity contribution in [2.24, 2.45) is 12.5 Å². The zero-order valence-corrected chi connectivity index (χ0v) is 26.9. The number of imidazole rings is 1. The lowest BCUT2D eigenvalue weighted by Gasteiger charge is -2.27. The average molecular weight is 616 g/mol. The molecule has 2 amide bonds. The molecule has 4 N–H and O–H groups in total. The highest BCUT2D eigenvalue weighted by Gasteiger charge is 2.29. The van der Waals surface area contributed by atoms with Crippen molar-refractivity contribution in [3.05, 3.63) is 41.6 Å². The van der Waals surface area contributed by atoms with E-state index in [0.717, 1.165) is 72.4 Å². The Kier molecular flexibility index (Phi) is 8.58. The van der Waals surface area contributed by atoms with Gasteiger partial charge in [0.15, 0.2) is 5.82 Å². The third kappa shape index (κ3) is 6.15. The van der Waals surface area contributed by atoms with E-state index in [0.29, 0.717) is 36.3 Å². The van der Waals surface area contributed by atoms with Gasteiger partial charge in [-0.25, -0.2) is 9.97 Å². The van der Waals surface area contributed by atoms with Gasteiger partial charge in [-0.1, -0.05) is 33.1 Å². The summed E-state index contributed by atoms with van der Waals surface area (Å²) in [6.07, 6.45) is 4.97. The number of piperidine rings is 1. The summed E-state index contributed by atoms with van der Waals surface area (Å²) in [6.45, 7) is 7.96. The Bertz CT molecular complexity index is 1740. The number of hydrogen-bond donors (Lipinski definition) is 4. The van der Waals surface area contributed by atoms with Crippen molar-refractivity contribution in [1.29, 1.82) is 0 Å². The lowest BCUT2D eigenvalue weighted by atomic mass is 9.85. The fraction of sp³-hybridized carbons (Fsp3) is 0.529. The third-order valence-electron chi connectivity index (χ3n) is 9.41. The van der Waals surface area contributed by atoms with Crippen molar-refractivity contribution in [1.82, 2.24) is 35.1 Å². The first-order valence-corrected chi connectivity index (χ1v) is 16.1. The molecule has 11 nitrogen and oxygen atoms in total. The summed E-state index contributed by atoms with van der Waals surface area (Å²) in [5.74, 6) is 1.14. The standard InChI is InChI=1S/C34H45N7O4/c1-20-25-11-10-21-15-27(41(30(21)38-25)13-9-7-6-8-12-34(2,3)33(44)36-20)31-39-26-14-22(16-28(45-5)29(26)40(31)4)32(43)37-23-17-24(42)19-35-18-23/h10-11,14-16,20,23-24,35,42H,6-9,12-13,17-19H2,1-5H3,(H,36,44)(H,37,43)/t20-,23-,24+/m1/s1. The number of carbonyl (C=O) groups is 2. The number of pyridine rings is 1. The lowest BCUT2D eigenvalue weighted by Crippen LogP contribution is -2.50. The van der Waals surface area contributed by atoms with Gasteiger partial charge in [-0.2, -0.15) is 0 Å². The number of aromatic nitrogens is 4. The number of amides is 2. The van der Waals surface area contributed by atoms with Crippen LogP contribution in [0, 0.1) is 5.41 Å². The van der Waals surface area contributed by atoms with Crippen LogP contribution in [0.3, 0.4) is 0 Å². The van der Waals surface area contributed by atoms with Gasteiger partial charge in [-0.3, -0.25) is 9.59 Å². The number of fused-ring (bicyclic) bond motifs is 2. The molecule has 2 bridgehead atoms. The smallest absolute Gasteiger partial charge is 0.251 e. The highest BCUT2D eigenvalue weighted by Crippen LogP contribution is 2.35. The van der Waals surface area contributed by atoms with Crippen molar-refractivity contribution >= 4 is 33.9 Å². The summed E-state index contributed by atoms with van der Waals surface area (Å²) < 4.78 is 10.0. The summed E-state index contributed by atoms with van der Waals surface area (Å²) in [5.41, 5.74) is 4.11. The van der Waals surface area contributed by atoms with Gasteiger partial charge in [0.25, 0.3) is 5.91 Å². The van der Waals surface area contributed by atoms with Crippen molar-refractivity contribution in [2.45, 2.75) is 84.0 Å². The Morgan fingerprint density at radius 3 is 2.69 bits per heavy atom. The molecule has 4 aromatic rings. The van der Waals surface area contributed by atoms with Crippen molar-refractivity contribution in [3.63, 3.8) is 0 Å². The average Bonchev–Trinajstić information content (AvgIpc) is 3.54. The first-order valence-electron chi connectivity index (χ1n) is 16.1. The number of nitrogens with one attached hydrogen (secondary N) is 3. The Morgan fingerprint density at radius 2 is 1.91 bits per heavy atom. The molecular formula is C34H45N7O4. The van der Waals surface area contributed by atoms with E-state index in [1.54, 1.807) is 19.2 Å². The van der Waals surface area contributed by atoms with E-state index in [2.05, 4.69) is 32.7 Å². The molecule has 1 aromatic carbocycles. The van der Waals surface area contributed by atoms with Gasteiger partial charge in [0.1, 0.15) is 16.9 Å². The molecule has 1 saturated heterocycles. The molecule has 5 heterocycles. The number of ether oxygens (including phenoxy) is 1. The predicted molar refractivity (Wildman–Crippen MR) is 174 cm³/mol. The monoisotopic (exact) mass is 615 g/mol. The Labute approximate surface area is 263 Å². The number of aliphatic hydroxyl groups excluding tert-OH is 1. The minimum absolute atomic E-state index is 0.0553. The molecule has 1 fully saturated rings. The summed E-state index contributed by atoms with van der Waals surface area (Å²) in [6, 6.07) is 9.35. The van der Waals surface area contributed by atoms with Gasteiger partial charge in [0, 0.05) is 49.1 Å². The molecule has 0 saturated carbocycles. The quantitative estimate of drug-likeness (QED) is 0.270. The van der Waals surface area contributed by atoms with E-state index in [-0.39, 0.29) is 23.9 Å². The largest absolute Gasteiger partial charge is 0.494 e. The van der Waals surface area contributed by atoms with Crippen LogP contribution in [-0.4, -0.2) is 68.4 Å². The molecular weight excluding hydrogens is 570 g/mol. The van der Waals surface area contributed by atoms with E-state index in [1.165, 1.54) is 0 Å². The van der Waals surface area contributed by atoms with Crippen LogP contribution in [0.1, 0.15) is 81.4 Å². The van der Waals surface area contributed by atoms with Gasteiger partial charge >= 0.3 is 0 Å². The third-order valence-corrected chi connectivity index (χ3v) is 9.41. The van der Waals surface area contributed by atoms with Crippen LogP contribution >= 0.6 is 0 Å². The van der Waals surface area contributed by atoms with Crippen LogP contribution in [-0.2, 0) is 18.4 Å². The maximum absolute atomic E-state index is 13.3. The molecule has 45 heavy (non-hydrogen) atoms. The number of rotatable bonds is 4. The molecule has 2 aliphatic rings. The topological polar surface area (TPSA) is 135 Å². The SMILES string of the molecule is COc1cc(C(=O)N[C@H]2CNC[C@@H](O)C2)cc2nc(-c3cc4ccc5nc4n3CCCCCCC(C)(C)C(=O)N[C@@H]5C)n(C)c12. The van der Waals surface area contributed by atoms with E-state index >= 15 is 0 Å². The summed E-state index contributed by atoms with van der Waals surface area (Å²) in [5, 5.41) is 20.4. The maximum atomic E-state index is 13.3. The molecule has 3 aromatic heterocycles. The normalized spacial score (nSPS) is 22.7. The zero-order valence-electron chi connectivity index (χ0n) is 26.9. The van der Waals surface area contributed by atoms with E-state index in [1.807, 2.05) is 38.5 Å². The first-order chi connectivity index (χ1) is 21.6. The van der Waals surface area contributed by atoms with Gasteiger partial charge in [0.05, 0.1) is 36.2 Å². The molecule has 0 radical (unpaired) electrons. The molecule has 0 aliphatic carbocycles. The van der Waals surface area contributed by atoms with Gasteiger partial charge < -0.3 is 34.9 Å². The summed E-state index contributed by atoms with van der Waals surface area (Å²) in [7, 11) is 3.57. The molecule has 0 unspecified atom stereocenters. The maximum Gasteiger partial charge on any atom is 0.251 e. The van der Waals surface area contributed by atoms with Gasteiger partial charge in [0.2, 0.25) is 5.91 Å². The Morgan fingerprint density at radius 1 is 1.11 bits per heavy atom. The Balaban J connectivity index is 1.40. The van der Waals surface area contributed by atoms with E-state index in [4.69, 9.17) is 14.7 Å². The van der Waals surface area contributed by atoms with Crippen LogP contribution < -0.4 is 20.7 Å². The summed E-state index contributed by atoms with van der Waals surface area (Å²) in [4.78, 5) is 36.5. The molecule has 6 rings (SSSR count). The number of nitrogens with zero attached hydrogens (tertiary/aromatic N) is 4. The highest BCUT2D eigenvalue weighted by molar-refractivity contribution is 6.00. The van der Waals surface area contributed by atoms with Crippen molar-refractivity contribution in [2.75, 3.05) is 20.2 Å². The fourth-order valence-electron chi connectivity index (χ4n) is 6.69. The van der Waals surface area contributed by atoms with E-state index in [9.17, 15) is 14.7 Å². The first kappa shape index (κ1) is 31.0. The molecule has 240 valence electrons. The zero-order chi connectivity index (χ0) is 31.9. The van der Waals surface area contributed by atoms with Crippen LogP contribution in [0.25, 0.3) is 33.6 Å². The van der Waals surface area contributed by atoms with Crippen LogP contribution in [0.5, 0.6) is 5.75 Å². The number of carbonyl (C=O) groups excluding carboxylic acids is 2. The van der Waals surface area contributed by atoms with Crippen molar-refractivity contribution < 1.29 is 19.4 Å². The molecule has 0 spiro atoms. The minimum atomic E-state index is -0.484. The van der Waals surface area contributed by atoms with Crippen LogP contribution in [0.4, 0.5) is 0 Å². The Hall–Kier alpha value is -3.96. The number of aliphatic hydroxyl groups is 1. The number of hydrogen-bond acceptors (Lipinski definition) is 7. The number of aryl methyl sites for hydroxylation is 2. The summed E-state index contributed by atoms with van der Waals surface area (Å²) >= 11 is 0. The molecule has 11 heteroatoms.